The van der Waals surface area contributed by atoms with Crippen molar-refractivity contribution < 1.29 is 0 Å². The van der Waals surface area contributed by atoms with Crippen molar-refractivity contribution in [3.05, 3.63) is 25.6 Å². The van der Waals surface area contributed by atoms with Gasteiger partial charge in [0.05, 0.1) is 6.04 Å². The summed E-state index contributed by atoms with van der Waals surface area (Å²) in [4.78, 5) is 11.8. The second-order valence-corrected chi connectivity index (χ2v) is 4.72. The third kappa shape index (κ3) is 2.01. The van der Waals surface area contributed by atoms with Crippen molar-refractivity contribution in [3.63, 3.8) is 0 Å². The van der Waals surface area contributed by atoms with E-state index in [0.29, 0.717) is 0 Å². The molecular weight excluding hydrogens is 258 g/mol. The zero-order valence-electron chi connectivity index (χ0n) is 7.84. The number of aromatic nitrogens is 2. The van der Waals surface area contributed by atoms with Gasteiger partial charge in [-0.15, -0.1) is 0 Å². The molecule has 0 spiro atoms. The lowest BCUT2D eigenvalue weighted by Crippen LogP contribution is -2.26. The third-order valence-electron chi connectivity index (χ3n) is 2.64. The molecule has 1 saturated carbocycles. The summed E-state index contributed by atoms with van der Waals surface area (Å²) in [6, 6.07) is 0.116. The Morgan fingerprint density at radius 3 is 2.33 bits per heavy atom. The molecule has 0 aliphatic heterocycles. The summed E-state index contributed by atoms with van der Waals surface area (Å²) in [6.07, 6.45) is 4.11. The topological polar surface area (TPSA) is 34.9 Å². The fourth-order valence-corrected chi connectivity index (χ4v) is 2.38. The van der Waals surface area contributed by atoms with Crippen molar-refractivity contribution in [2.75, 3.05) is 0 Å². The van der Waals surface area contributed by atoms with Gasteiger partial charge in [-0.3, -0.25) is 4.79 Å². The zero-order valence-corrected chi connectivity index (χ0v) is 10.1. The summed E-state index contributed by atoms with van der Waals surface area (Å²) in [6.45, 7) is 0. The van der Waals surface area contributed by atoms with Gasteiger partial charge in [-0.1, -0.05) is 47.6 Å². The van der Waals surface area contributed by atoms with E-state index < -0.39 is 0 Å². The van der Waals surface area contributed by atoms with Gasteiger partial charge >= 0.3 is 0 Å². The molecule has 0 radical (unpaired) electrons. The quantitative estimate of drug-likeness (QED) is 0.782. The third-order valence-corrected chi connectivity index (χ3v) is 3.81. The van der Waals surface area contributed by atoms with Crippen LogP contribution in [0.3, 0.4) is 0 Å². The van der Waals surface area contributed by atoms with Gasteiger partial charge in [0.15, 0.2) is 5.15 Å². The summed E-state index contributed by atoms with van der Waals surface area (Å²) in [5.74, 6) is 0. The Morgan fingerprint density at radius 1 is 1.13 bits per heavy atom. The van der Waals surface area contributed by atoms with Gasteiger partial charge in [-0.2, -0.15) is 5.10 Å². The molecule has 1 aromatic rings. The van der Waals surface area contributed by atoms with E-state index in [1.807, 2.05) is 0 Å². The van der Waals surface area contributed by atoms with Gasteiger partial charge in [-0.25, -0.2) is 4.68 Å². The first kappa shape index (κ1) is 11.2. The molecule has 0 unspecified atom stereocenters. The maximum atomic E-state index is 11.8. The van der Waals surface area contributed by atoms with Crippen LogP contribution in [-0.4, -0.2) is 9.78 Å². The normalized spacial score (nSPS) is 17.3. The van der Waals surface area contributed by atoms with Gasteiger partial charge in [0.2, 0.25) is 0 Å². The van der Waals surface area contributed by atoms with E-state index in [0.717, 1.165) is 25.7 Å². The maximum Gasteiger partial charge on any atom is 0.287 e. The van der Waals surface area contributed by atoms with Crippen molar-refractivity contribution in [2.24, 2.45) is 0 Å². The highest BCUT2D eigenvalue weighted by molar-refractivity contribution is 6.47. The Morgan fingerprint density at radius 2 is 1.73 bits per heavy atom. The molecule has 0 bridgehead atoms. The van der Waals surface area contributed by atoms with Gasteiger partial charge in [-0.05, 0) is 12.8 Å². The van der Waals surface area contributed by atoms with Crippen molar-refractivity contribution >= 4 is 34.8 Å². The zero-order chi connectivity index (χ0) is 11.0. The highest BCUT2D eigenvalue weighted by atomic mass is 35.5. The first-order valence-corrected chi connectivity index (χ1v) is 5.88. The van der Waals surface area contributed by atoms with Crippen LogP contribution in [0.5, 0.6) is 0 Å². The van der Waals surface area contributed by atoms with E-state index in [1.165, 1.54) is 4.68 Å². The minimum Gasteiger partial charge on any atom is -0.266 e. The molecule has 0 aromatic carbocycles. The molecular formula is C9H9Cl3N2O. The van der Waals surface area contributed by atoms with Gasteiger partial charge < -0.3 is 0 Å². The molecule has 0 saturated heterocycles. The lowest BCUT2D eigenvalue weighted by molar-refractivity contribution is 0.444. The summed E-state index contributed by atoms with van der Waals surface area (Å²) < 4.78 is 1.36. The van der Waals surface area contributed by atoms with E-state index in [9.17, 15) is 4.79 Å². The Bertz CT molecular complexity index is 438. The SMILES string of the molecule is O=c1c(Cl)c(Cl)c(Cl)nn1C1CCCC1. The van der Waals surface area contributed by atoms with Gasteiger partial charge in [0, 0.05) is 0 Å². The monoisotopic (exact) mass is 266 g/mol. The van der Waals surface area contributed by atoms with E-state index in [2.05, 4.69) is 5.10 Å². The fourth-order valence-electron chi connectivity index (χ4n) is 1.87. The average Bonchev–Trinajstić information content (AvgIpc) is 2.73. The van der Waals surface area contributed by atoms with Crippen molar-refractivity contribution in [1.82, 2.24) is 9.78 Å². The number of halogens is 3. The predicted octanol–water partition coefficient (Wildman–Crippen LogP) is 3.32. The Balaban J connectivity index is 2.52. The first-order valence-electron chi connectivity index (χ1n) is 4.74. The number of rotatable bonds is 1. The maximum absolute atomic E-state index is 11.8. The van der Waals surface area contributed by atoms with E-state index in [1.54, 1.807) is 0 Å². The second kappa shape index (κ2) is 4.32. The van der Waals surface area contributed by atoms with Crippen LogP contribution in [0.15, 0.2) is 4.79 Å². The lowest BCUT2D eigenvalue weighted by atomic mass is 10.2. The molecule has 2 rings (SSSR count). The summed E-state index contributed by atoms with van der Waals surface area (Å²) >= 11 is 17.3. The molecule has 1 aliphatic rings. The molecule has 82 valence electrons. The number of nitrogens with zero attached hydrogens (tertiary/aromatic N) is 2. The van der Waals surface area contributed by atoms with Crippen LogP contribution >= 0.6 is 34.8 Å². The number of hydrogen-bond acceptors (Lipinski definition) is 2. The molecule has 1 aromatic heterocycles. The summed E-state index contributed by atoms with van der Waals surface area (Å²) in [5, 5.41) is 4.06. The highest BCUT2D eigenvalue weighted by Crippen LogP contribution is 2.30. The standard InChI is InChI=1S/C9H9Cl3N2O/c10-6-7(11)9(15)14(13-8(6)12)5-3-1-2-4-5/h5H,1-4H2. The van der Waals surface area contributed by atoms with Crippen LogP contribution in [0, 0.1) is 0 Å². The second-order valence-electron chi connectivity index (χ2n) is 3.61. The van der Waals surface area contributed by atoms with E-state index in [4.69, 9.17) is 34.8 Å². The molecule has 0 atom stereocenters. The largest absolute Gasteiger partial charge is 0.287 e. The van der Waals surface area contributed by atoms with Crippen LogP contribution in [0.4, 0.5) is 0 Å². The average molecular weight is 268 g/mol. The highest BCUT2D eigenvalue weighted by Gasteiger charge is 2.22. The minimum atomic E-state index is -0.349. The van der Waals surface area contributed by atoms with Crippen molar-refractivity contribution in [2.45, 2.75) is 31.7 Å². The van der Waals surface area contributed by atoms with Crippen LogP contribution in [0.1, 0.15) is 31.7 Å². The molecule has 15 heavy (non-hydrogen) atoms. The predicted molar refractivity (Wildman–Crippen MR) is 61.0 cm³/mol. The number of hydrogen-bond donors (Lipinski definition) is 0. The van der Waals surface area contributed by atoms with Crippen LogP contribution in [0.25, 0.3) is 0 Å². The van der Waals surface area contributed by atoms with E-state index in [-0.39, 0.29) is 26.8 Å². The molecule has 3 nitrogen and oxygen atoms in total. The molecule has 1 heterocycles. The van der Waals surface area contributed by atoms with Crippen molar-refractivity contribution in [3.8, 4) is 0 Å². The van der Waals surface area contributed by atoms with Crippen LogP contribution in [-0.2, 0) is 0 Å². The van der Waals surface area contributed by atoms with Crippen molar-refractivity contribution in [1.29, 1.82) is 0 Å². The minimum absolute atomic E-state index is 0.0384. The van der Waals surface area contributed by atoms with Crippen LogP contribution in [0.2, 0.25) is 15.2 Å². The summed E-state index contributed by atoms with van der Waals surface area (Å²) in [7, 11) is 0. The molecule has 1 aliphatic carbocycles. The molecule has 1 fully saturated rings. The fraction of sp³-hybridized carbons (Fsp3) is 0.556. The Hall–Kier alpha value is -0.250. The molecule has 0 N–H and O–H groups in total. The smallest absolute Gasteiger partial charge is 0.266 e. The Labute approximate surface area is 102 Å². The van der Waals surface area contributed by atoms with Crippen LogP contribution < -0.4 is 5.56 Å². The Kier molecular flexibility index (Phi) is 3.24. The first-order chi connectivity index (χ1) is 7.11. The van der Waals surface area contributed by atoms with Gasteiger partial charge in [0.1, 0.15) is 10.0 Å². The van der Waals surface area contributed by atoms with E-state index >= 15 is 0 Å². The molecule has 0 amide bonds. The molecule has 6 heteroatoms. The summed E-state index contributed by atoms with van der Waals surface area (Å²) in [5.41, 5.74) is -0.349. The van der Waals surface area contributed by atoms with Gasteiger partial charge in [0.25, 0.3) is 5.56 Å². The lowest BCUT2D eigenvalue weighted by Gasteiger charge is -2.12.